The summed E-state index contributed by atoms with van der Waals surface area (Å²) in [7, 11) is 1.66. The van der Waals surface area contributed by atoms with Gasteiger partial charge in [0, 0.05) is 41.7 Å². The van der Waals surface area contributed by atoms with Crippen molar-refractivity contribution in [2.75, 3.05) is 11.4 Å². The number of phenols is 1. The molecule has 268 valence electrons. The zero-order valence-electron chi connectivity index (χ0n) is 28.4. The number of carboxylic acids is 1. The minimum absolute atomic E-state index is 0.0346. The summed E-state index contributed by atoms with van der Waals surface area (Å²) in [6.07, 6.45) is 2.06. The van der Waals surface area contributed by atoms with Crippen LogP contribution in [0.25, 0.3) is 20.7 Å². The van der Waals surface area contributed by atoms with E-state index in [0.717, 1.165) is 36.4 Å². The average Bonchev–Trinajstić information content (AvgIpc) is 3.76. The Labute approximate surface area is 306 Å². The number of amides is 4. The van der Waals surface area contributed by atoms with Gasteiger partial charge in [-0.3, -0.25) is 33.6 Å². The Morgan fingerprint density at radius 2 is 1.85 bits per heavy atom. The SMILES string of the molecule is Cc1c(-c2cc(N3C(=O)C4CC5C(=CCC6C(=O)N(CCCC(=O)O)C(=O)C65)C(c5ccc(O)c(F)c5)C4(C)C3=O)n(C)n2)sc2ccc(Cl)cc12. The van der Waals surface area contributed by atoms with Crippen LogP contribution >= 0.6 is 22.9 Å². The lowest BCUT2D eigenvalue weighted by Gasteiger charge is -2.49. The van der Waals surface area contributed by atoms with E-state index >= 15 is 4.39 Å². The fraction of sp³-hybridized carbons (Fsp3) is 0.368. The number of carboxylic acid groups (broad SMARTS) is 1. The molecule has 0 bridgehead atoms. The molecule has 6 atom stereocenters. The van der Waals surface area contributed by atoms with E-state index in [4.69, 9.17) is 21.8 Å². The molecule has 4 amide bonds. The van der Waals surface area contributed by atoms with Crippen molar-refractivity contribution >= 4 is 68.4 Å². The second-order valence-corrected chi connectivity index (χ2v) is 15.9. The molecule has 52 heavy (non-hydrogen) atoms. The highest BCUT2D eigenvalue weighted by molar-refractivity contribution is 7.22. The zero-order chi connectivity index (χ0) is 37.0. The first-order valence-electron chi connectivity index (χ1n) is 17.1. The predicted octanol–water partition coefficient (Wildman–Crippen LogP) is 6.20. The Kier molecular flexibility index (Phi) is 7.96. The maximum atomic E-state index is 15.0. The molecule has 2 aliphatic heterocycles. The molecule has 0 radical (unpaired) electrons. The van der Waals surface area contributed by atoms with Crippen molar-refractivity contribution in [3.05, 3.63) is 76.1 Å². The monoisotopic (exact) mass is 744 g/mol. The van der Waals surface area contributed by atoms with Gasteiger partial charge in [-0.1, -0.05) is 29.3 Å². The molecule has 2 aromatic heterocycles. The number of rotatable bonds is 7. The number of hydrogen-bond donors (Lipinski definition) is 2. The van der Waals surface area contributed by atoms with Crippen LogP contribution in [0.3, 0.4) is 0 Å². The summed E-state index contributed by atoms with van der Waals surface area (Å²) in [5.74, 6) is -7.98. The molecule has 2 aromatic carbocycles. The molecule has 2 N–H and O–H groups in total. The van der Waals surface area contributed by atoms with Crippen LogP contribution in [-0.2, 0) is 31.0 Å². The first-order chi connectivity index (χ1) is 24.7. The van der Waals surface area contributed by atoms with Crippen molar-refractivity contribution in [2.24, 2.45) is 36.1 Å². The number of benzene rings is 2. The number of imide groups is 2. The van der Waals surface area contributed by atoms with Crippen LogP contribution in [-0.4, -0.2) is 61.0 Å². The zero-order valence-corrected chi connectivity index (χ0v) is 30.0. The summed E-state index contributed by atoms with van der Waals surface area (Å²) in [5.41, 5.74) is 1.14. The molecule has 2 saturated heterocycles. The van der Waals surface area contributed by atoms with Crippen molar-refractivity contribution in [1.82, 2.24) is 14.7 Å². The highest BCUT2D eigenvalue weighted by atomic mass is 35.5. The third-order valence-electron chi connectivity index (χ3n) is 11.7. The number of allylic oxidation sites excluding steroid dienone is 2. The quantitative estimate of drug-likeness (QED) is 0.168. The molecule has 8 rings (SSSR count). The van der Waals surface area contributed by atoms with E-state index in [1.165, 1.54) is 28.2 Å². The summed E-state index contributed by atoms with van der Waals surface area (Å²) in [6, 6.07) is 11.2. The van der Waals surface area contributed by atoms with Gasteiger partial charge in [0.1, 0.15) is 11.5 Å². The number of aromatic hydroxyl groups is 1. The number of anilines is 1. The first kappa shape index (κ1) is 34.2. The standard InChI is InChI=1S/C38H34ClFN4O7S/c1-17-22-14-19(39)7-11-28(22)52-33(17)26-16-29(42(3)41-26)44-35(49)24-15-23-20(32(38(24,2)37(44)51)18-6-10-27(45)25(40)13-18)8-9-21-31(23)36(50)43(34(21)48)12-4-5-30(46)47/h6-8,10-11,13-14,16,21,23-24,31-32,45H,4-5,9,12,15H2,1-3H3,(H,46,47). The number of hydrogen-bond acceptors (Lipinski definition) is 8. The third-order valence-corrected chi connectivity index (χ3v) is 13.2. The van der Waals surface area contributed by atoms with Gasteiger partial charge in [-0.25, -0.2) is 9.29 Å². The van der Waals surface area contributed by atoms with Gasteiger partial charge in [-0.15, -0.1) is 11.3 Å². The van der Waals surface area contributed by atoms with Gasteiger partial charge >= 0.3 is 5.97 Å². The van der Waals surface area contributed by atoms with Gasteiger partial charge < -0.3 is 10.2 Å². The average molecular weight is 745 g/mol. The van der Waals surface area contributed by atoms with E-state index in [2.05, 4.69) is 0 Å². The summed E-state index contributed by atoms with van der Waals surface area (Å²) in [6.45, 7) is 3.63. The molecule has 14 heteroatoms. The Morgan fingerprint density at radius 3 is 2.58 bits per heavy atom. The highest BCUT2D eigenvalue weighted by Crippen LogP contribution is 2.63. The molecule has 0 spiro atoms. The Bertz CT molecular complexity index is 2300. The van der Waals surface area contributed by atoms with E-state index in [-0.39, 0.29) is 44.0 Å². The first-order valence-corrected chi connectivity index (χ1v) is 18.3. The fourth-order valence-electron chi connectivity index (χ4n) is 9.21. The number of aromatic nitrogens is 2. The summed E-state index contributed by atoms with van der Waals surface area (Å²) < 4.78 is 17.6. The molecule has 4 aromatic rings. The molecule has 11 nitrogen and oxygen atoms in total. The predicted molar refractivity (Wildman–Crippen MR) is 190 cm³/mol. The number of carbonyl (C=O) groups excluding carboxylic acids is 4. The molecule has 6 unspecified atom stereocenters. The smallest absolute Gasteiger partial charge is 0.303 e. The number of phenolic OH excluding ortho intramolecular Hbond substituents is 1. The van der Waals surface area contributed by atoms with Crippen LogP contribution in [0.2, 0.25) is 5.02 Å². The van der Waals surface area contributed by atoms with Gasteiger partial charge in [0.2, 0.25) is 23.6 Å². The number of fused-ring (bicyclic) bond motifs is 5. The molecule has 4 heterocycles. The number of thiophene rings is 1. The van der Waals surface area contributed by atoms with Gasteiger partial charge in [0.15, 0.2) is 11.6 Å². The van der Waals surface area contributed by atoms with Crippen LogP contribution in [0.4, 0.5) is 10.2 Å². The molecular weight excluding hydrogens is 711 g/mol. The Morgan fingerprint density at radius 1 is 1.08 bits per heavy atom. The maximum Gasteiger partial charge on any atom is 0.303 e. The number of halogens is 2. The lowest BCUT2D eigenvalue weighted by molar-refractivity contribution is -0.142. The van der Waals surface area contributed by atoms with Crippen molar-refractivity contribution < 1.29 is 38.6 Å². The second kappa shape index (κ2) is 12.1. The maximum absolute atomic E-state index is 15.0. The Balaban J connectivity index is 1.21. The number of carbonyl (C=O) groups is 5. The normalized spacial score (nSPS) is 26.9. The minimum Gasteiger partial charge on any atom is -0.505 e. The lowest BCUT2D eigenvalue weighted by atomic mass is 9.51. The van der Waals surface area contributed by atoms with Crippen molar-refractivity contribution in [3.63, 3.8) is 0 Å². The van der Waals surface area contributed by atoms with Crippen molar-refractivity contribution in [2.45, 2.75) is 45.4 Å². The van der Waals surface area contributed by atoms with Crippen LogP contribution in [0.15, 0.2) is 54.1 Å². The number of aliphatic carboxylic acids is 1. The van der Waals surface area contributed by atoms with Gasteiger partial charge in [-0.2, -0.15) is 5.10 Å². The molecule has 2 aliphatic carbocycles. The summed E-state index contributed by atoms with van der Waals surface area (Å²) >= 11 is 7.80. The minimum atomic E-state index is -1.42. The van der Waals surface area contributed by atoms with Gasteiger partial charge in [0.05, 0.1) is 28.0 Å². The topological polar surface area (TPSA) is 150 Å². The van der Waals surface area contributed by atoms with Gasteiger partial charge in [0.25, 0.3) is 0 Å². The van der Waals surface area contributed by atoms with E-state index in [0.29, 0.717) is 21.9 Å². The molecule has 3 fully saturated rings. The van der Waals surface area contributed by atoms with Crippen molar-refractivity contribution in [1.29, 1.82) is 0 Å². The Hall–Kier alpha value is -4.88. The largest absolute Gasteiger partial charge is 0.505 e. The number of nitrogens with zero attached hydrogens (tertiary/aromatic N) is 4. The number of likely N-dealkylation sites (tertiary alicyclic amines) is 1. The third kappa shape index (κ3) is 4.88. The van der Waals surface area contributed by atoms with Crippen LogP contribution in [0.1, 0.15) is 49.7 Å². The van der Waals surface area contributed by atoms with E-state index in [1.807, 2.05) is 31.2 Å². The van der Waals surface area contributed by atoms with E-state index in [9.17, 15) is 29.1 Å². The second-order valence-electron chi connectivity index (χ2n) is 14.4. The summed E-state index contributed by atoms with van der Waals surface area (Å²) in [4.78, 5) is 71.4. The van der Waals surface area contributed by atoms with E-state index < -0.39 is 70.3 Å². The molecule has 4 aliphatic rings. The lowest BCUT2D eigenvalue weighted by Crippen LogP contribution is -2.49. The molecular formula is C38H34ClFN4O7S. The fourth-order valence-corrected chi connectivity index (χ4v) is 10.5. The van der Waals surface area contributed by atoms with Crippen molar-refractivity contribution in [3.8, 4) is 16.3 Å². The summed E-state index contributed by atoms with van der Waals surface area (Å²) in [5, 5.41) is 25.5. The van der Waals surface area contributed by atoms with Crippen LogP contribution < -0.4 is 4.90 Å². The van der Waals surface area contributed by atoms with Crippen LogP contribution in [0.5, 0.6) is 5.75 Å². The van der Waals surface area contributed by atoms with Gasteiger partial charge in [-0.05, 0) is 85.9 Å². The van der Waals surface area contributed by atoms with E-state index in [1.54, 1.807) is 20.0 Å². The molecule has 1 saturated carbocycles. The van der Waals surface area contributed by atoms with Crippen LogP contribution in [0, 0.1) is 41.8 Å². The highest BCUT2D eigenvalue weighted by Gasteiger charge is 2.68. The number of aryl methyl sites for hydroxylation is 2.